The molecule has 5 rings (SSSR count). The number of ether oxygens (including phenoxy) is 1. The summed E-state index contributed by atoms with van der Waals surface area (Å²) in [5.41, 5.74) is 4.05. The minimum Gasteiger partial charge on any atom is -0.378 e. The van der Waals surface area contributed by atoms with E-state index in [-0.39, 0.29) is 19.5 Å². The molecule has 0 amide bonds. The Morgan fingerprint density at radius 1 is 1.12 bits per heavy atom. The van der Waals surface area contributed by atoms with Crippen LogP contribution in [0.3, 0.4) is 0 Å². The lowest BCUT2D eigenvalue weighted by atomic mass is 9.95. The first-order valence-electron chi connectivity index (χ1n) is 11.0. The number of pyridine rings is 1. The maximum absolute atomic E-state index is 14.3. The van der Waals surface area contributed by atoms with Crippen LogP contribution >= 0.6 is 0 Å². The van der Waals surface area contributed by atoms with Gasteiger partial charge >= 0.3 is 0 Å². The number of nitrogens with one attached hydrogen (secondary N) is 2. The molecule has 0 aliphatic carbocycles. The van der Waals surface area contributed by atoms with E-state index in [0.29, 0.717) is 23.4 Å². The highest BCUT2D eigenvalue weighted by Crippen LogP contribution is 2.32. The Kier molecular flexibility index (Phi) is 5.84. The number of halogens is 2. The number of nitrogens with zero attached hydrogens (tertiary/aromatic N) is 4. The van der Waals surface area contributed by atoms with E-state index in [1.54, 1.807) is 12.4 Å². The number of rotatable bonds is 5. The van der Waals surface area contributed by atoms with Crippen molar-refractivity contribution in [2.75, 3.05) is 56.2 Å². The van der Waals surface area contributed by atoms with Crippen LogP contribution in [0.1, 0.15) is 6.42 Å². The SMILES string of the molecule is FC1(F)CCNC[C@@H]1CNc1nc(-c2ccc(N3CCOCC3)cc2)cc2nccnc12. The highest BCUT2D eigenvalue weighted by Gasteiger charge is 2.41. The minimum atomic E-state index is -2.70. The van der Waals surface area contributed by atoms with Gasteiger partial charge in [0, 0.05) is 62.8 Å². The molecule has 7 nitrogen and oxygen atoms in total. The largest absolute Gasteiger partial charge is 0.378 e. The molecular formula is C23H26F2N6O. The third-order valence-electron chi connectivity index (χ3n) is 6.13. The molecule has 2 aliphatic rings. The van der Waals surface area contributed by atoms with Gasteiger partial charge in [0.25, 0.3) is 5.92 Å². The Morgan fingerprint density at radius 3 is 2.69 bits per heavy atom. The third-order valence-corrected chi connectivity index (χ3v) is 6.13. The van der Waals surface area contributed by atoms with Gasteiger partial charge in [-0.15, -0.1) is 0 Å². The highest BCUT2D eigenvalue weighted by atomic mass is 19.3. The molecule has 9 heteroatoms. The number of morpholine rings is 1. The van der Waals surface area contributed by atoms with Gasteiger partial charge in [-0.2, -0.15) is 0 Å². The number of anilines is 2. The van der Waals surface area contributed by atoms with Crippen LogP contribution in [-0.4, -0.2) is 66.8 Å². The lowest BCUT2D eigenvalue weighted by molar-refractivity contribution is -0.0728. The zero-order chi connectivity index (χ0) is 22.0. The number of hydrogen-bond donors (Lipinski definition) is 2. The van der Waals surface area contributed by atoms with Gasteiger partial charge in [-0.1, -0.05) is 12.1 Å². The summed E-state index contributed by atoms with van der Waals surface area (Å²) >= 11 is 0. The number of fused-ring (bicyclic) bond motifs is 1. The molecule has 32 heavy (non-hydrogen) atoms. The van der Waals surface area contributed by atoms with Gasteiger partial charge in [-0.25, -0.2) is 18.7 Å². The van der Waals surface area contributed by atoms with E-state index in [0.717, 1.165) is 43.2 Å². The predicted molar refractivity (Wildman–Crippen MR) is 120 cm³/mol. The minimum absolute atomic E-state index is 0.109. The van der Waals surface area contributed by atoms with E-state index in [1.165, 1.54) is 0 Å². The molecule has 1 aromatic carbocycles. The molecule has 0 spiro atoms. The first kappa shape index (κ1) is 21.0. The molecule has 0 bridgehead atoms. The summed E-state index contributed by atoms with van der Waals surface area (Å²) in [6, 6.07) is 10.1. The van der Waals surface area contributed by atoms with Gasteiger partial charge in [0.2, 0.25) is 0 Å². The molecule has 0 radical (unpaired) electrons. The maximum Gasteiger partial charge on any atom is 0.255 e. The van der Waals surface area contributed by atoms with Crippen molar-refractivity contribution in [1.29, 1.82) is 0 Å². The molecular weight excluding hydrogens is 414 g/mol. The zero-order valence-electron chi connectivity index (χ0n) is 17.7. The van der Waals surface area contributed by atoms with Crippen LogP contribution in [0.5, 0.6) is 0 Å². The van der Waals surface area contributed by atoms with Gasteiger partial charge in [-0.05, 0) is 18.2 Å². The van der Waals surface area contributed by atoms with E-state index in [2.05, 4.69) is 37.6 Å². The van der Waals surface area contributed by atoms with Crippen LogP contribution in [0.4, 0.5) is 20.3 Å². The molecule has 3 aromatic rings. The van der Waals surface area contributed by atoms with Crippen LogP contribution in [0.25, 0.3) is 22.3 Å². The molecule has 2 saturated heterocycles. The second kappa shape index (κ2) is 8.91. The topological polar surface area (TPSA) is 75.2 Å². The summed E-state index contributed by atoms with van der Waals surface area (Å²) in [5, 5.41) is 6.18. The van der Waals surface area contributed by atoms with E-state index in [9.17, 15) is 8.78 Å². The molecule has 2 N–H and O–H groups in total. The first-order chi connectivity index (χ1) is 15.6. The van der Waals surface area contributed by atoms with Crippen LogP contribution in [-0.2, 0) is 4.74 Å². The normalized spacial score (nSPS) is 20.9. The fourth-order valence-electron chi connectivity index (χ4n) is 4.23. The molecule has 1 atom stereocenters. The van der Waals surface area contributed by atoms with E-state index in [1.807, 2.05) is 18.2 Å². The van der Waals surface area contributed by atoms with Gasteiger partial charge in [-0.3, -0.25) is 4.98 Å². The van der Waals surface area contributed by atoms with Crippen molar-refractivity contribution >= 4 is 22.5 Å². The second-order valence-electron chi connectivity index (χ2n) is 8.22. The van der Waals surface area contributed by atoms with Crippen molar-refractivity contribution in [3.63, 3.8) is 0 Å². The summed E-state index contributed by atoms with van der Waals surface area (Å²) in [6.45, 7) is 3.93. The van der Waals surface area contributed by atoms with Crippen LogP contribution < -0.4 is 15.5 Å². The Bertz CT molecular complexity index is 1070. The number of hydrogen-bond acceptors (Lipinski definition) is 7. The van der Waals surface area contributed by atoms with Crippen molar-refractivity contribution < 1.29 is 13.5 Å². The Hall–Kier alpha value is -2.91. The summed E-state index contributed by atoms with van der Waals surface area (Å²) in [5.74, 6) is -3.03. The first-order valence-corrected chi connectivity index (χ1v) is 11.0. The van der Waals surface area contributed by atoms with Crippen molar-refractivity contribution in [2.45, 2.75) is 12.3 Å². The lowest BCUT2D eigenvalue weighted by Crippen LogP contribution is -2.47. The molecule has 168 valence electrons. The average molecular weight is 440 g/mol. The molecule has 2 aliphatic heterocycles. The Balaban J connectivity index is 1.41. The van der Waals surface area contributed by atoms with E-state index >= 15 is 0 Å². The lowest BCUT2D eigenvalue weighted by Gasteiger charge is -2.32. The number of piperidine rings is 1. The smallest absolute Gasteiger partial charge is 0.255 e. The van der Waals surface area contributed by atoms with Gasteiger partial charge < -0.3 is 20.3 Å². The molecule has 0 saturated carbocycles. The van der Waals surface area contributed by atoms with E-state index in [4.69, 9.17) is 9.72 Å². The standard InChI is InChI=1S/C23H26F2N6O/c24-23(25)5-6-26-14-17(23)15-29-22-21-20(27-7-8-28-21)13-19(30-22)16-1-3-18(4-2-16)31-9-11-32-12-10-31/h1-4,7-8,13,17,26H,5-6,9-12,14-15H2,(H,29,30)/t17-/m1/s1. The van der Waals surface area contributed by atoms with Crippen molar-refractivity contribution in [3.8, 4) is 11.3 Å². The molecule has 4 heterocycles. The fraction of sp³-hybridized carbons (Fsp3) is 0.435. The Morgan fingerprint density at radius 2 is 1.91 bits per heavy atom. The number of aromatic nitrogens is 3. The number of benzene rings is 1. The molecule has 2 aromatic heterocycles. The second-order valence-corrected chi connectivity index (χ2v) is 8.22. The third kappa shape index (κ3) is 4.35. The van der Waals surface area contributed by atoms with Crippen LogP contribution in [0.15, 0.2) is 42.7 Å². The summed E-state index contributed by atoms with van der Waals surface area (Å²) in [7, 11) is 0. The van der Waals surface area contributed by atoms with Crippen molar-refractivity contribution in [1.82, 2.24) is 20.3 Å². The monoisotopic (exact) mass is 440 g/mol. The van der Waals surface area contributed by atoms with Gasteiger partial charge in [0.15, 0.2) is 5.82 Å². The fourth-order valence-corrected chi connectivity index (χ4v) is 4.23. The predicted octanol–water partition coefficient (Wildman–Crippen LogP) is 3.19. The highest BCUT2D eigenvalue weighted by molar-refractivity contribution is 5.88. The van der Waals surface area contributed by atoms with Crippen molar-refractivity contribution in [2.24, 2.45) is 5.92 Å². The average Bonchev–Trinajstić information content (AvgIpc) is 2.83. The molecule has 0 unspecified atom stereocenters. The van der Waals surface area contributed by atoms with Crippen molar-refractivity contribution in [3.05, 3.63) is 42.7 Å². The van der Waals surface area contributed by atoms with E-state index < -0.39 is 11.8 Å². The summed E-state index contributed by atoms with van der Waals surface area (Å²) < 4.78 is 34.0. The van der Waals surface area contributed by atoms with Gasteiger partial charge in [0.1, 0.15) is 5.52 Å². The quantitative estimate of drug-likeness (QED) is 0.631. The number of alkyl halides is 2. The Labute approximate surface area is 185 Å². The van der Waals surface area contributed by atoms with Gasteiger partial charge in [0.05, 0.1) is 30.3 Å². The van der Waals surface area contributed by atoms with Crippen LogP contribution in [0, 0.1) is 5.92 Å². The molecule has 2 fully saturated rings. The summed E-state index contributed by atoms with van der Waals surface area (Å²) in [6.07, 6.45) is 3.06. The summed E-state index contributed by atoms with van der Waals surface area (Å²) in [4.78, 5) is 15.8. The zero-order valence-corrected chi connectivity index (χ0v) is 17.7. The van der Waals surface area contributed by atoms with Crippen LogP contribution in [0.2, 0.25) is 0 Å². The maximum atomic E-state index is 14.3.